The summed E-state index contributed by atoms with van der Waals surface area (Å²) in [5, 5.41) is 3.20. The molecular weight excluding hydrogens is 218 g/mol. The van der Waals surface area contributed by atoms with Crippen LogP contribution in [0.25, 0.3) is 0 Å². The maximum Gasteiger partial charge on any atom is 0.206 e. The Morgan fingerprint density at radius 3 is 3.00 bits per heavy atom. The van der Waals surface area contributed by atoms with Gasteiger partial charge in [0.15, 0.2) is 0 Å². The second kappa shape index (κ2) is 7.47. The van der Waals surface area contributed by atoms with E-state index < -0.39 is 0 Å². The van der Waals surface area contributed by atoms with Crippen molar-refractivity contribution in [3.63, 3.8) is 0 Å². The third-order valence-electron chi connectivity index (χ3n) is 2.85. The van der Waals surface area contributed by atoms with Crippen LogP contribution in [0.2, 0.25) is 0 Å². The van der Waals surface area contributed by atoms with Crippen LogP contribution in [0.3, 0.4) is 0 Å². The normalized spacial score (nSPS) is 24.5. The summed E-state index contributed by atoms with van der Waals surface area (Å²) < 4.78 is 5.06. The first kappa shape index (κ1) is 14.2. The number of rotatable bonds is 4. The van der Waals surface area contributed by atoms with Gasteiger partial charge in [-0.2, -0.15) is 0 Å². The van der Waals surface area contributed by atoms with Crippen molar-refractivity contribution in [1.82, 2.24) is 15.6 Å². The van der Waals surface area contributed by atoms with Crippen molar-refractivity contribution in [2.45, 2.75) is 31.8 Å². The Kier molecular flexibility index (Phi) is 6.25. The summed E-state index contributed by atoms with van der Waals surface area (Å²) >= 11 is 0. The molecule has 2 unspecified atom stereocenters. The maximum absolute atomic E-state index is 5.47. The summed E-state index contributed by atoms with van der Waals surface area (Å²) in [6.45, 7) is 4.81. The second-order valence-corrected chi connectivity index (χ2v) is 4.68. The van der Waals surface area contributed by atoms with Gasteiger partial charge in [-0.05, 0) is 33.4 Å². The van der Waals surface area contributed by atoms with Gasteiger partial charge in [0.05, 0.1) is 12.6 Å². The van der Waals surface area contributed by atoms with E-state index in [0.717, 1.165) is 19.5 Å². The minimum Gasteiger partial charge on any atom is -0.383 e. The first-order valence-corrected chi connectivity index (χ1v) is 6.14. The predicted octanol–water partition coefficient (Wildman–Crippen LogP) is -0.476. The summed E-state index contributed by atoms with van der Waals surface area (Å²) in [7, 11) is 3.80. The smallest absolute Gasteiger partial charge is 0.206 e. The molecule has 1 heterocycles. The van der Waals surface area contributed by atoms with Crippen LogP contribution in [-0.2, 0) is 4.74 Å². The molecule has 0 saturated carbocycles. The van der Waals surface area contributed by atoms with Crippen molar-refractivity contribution in [2.24, 2.45) is 10.8 Å². The van der Waals surface area contributed by atoms with E-state index in [1.807, 2.05) is 6.92 Å². The maximum atomic E-state index is 5.47. The molecule has 1 saturated heterocycles. The number of aliphatic imine (C=N–C) groups is 1. The molecule has 17 heavy (non-hydrogen) atoms. The van der Waals surface area contributed by atoms with Crippen LogP contribution in [0, 0.1) is 0 Å². The summed E-state index contributed by atoms with van der Waals surface area (Å²) in [6, 6.07) is 0.512. The molecule has 2 atom stereocenters. The number of hydrazine groups is 1. The Hall–Kier alpha value is -0.850. The first-order chi connectivity index (χ1) is 8.15. The molecule has 1 fully saturated rings. The molecule has 0 radical (unpaired) electrons. The Bertz CT molecular complexity index is 246. The fourth-order valence-corrected chi connectivity index (χ4v) is 2.07. The standard InChI is InChI=1S/C11H25N5O/c1-9(8-17-3)13-11(15-12)14-10-5-4-6-16(2)7-10/h9-10H,4-8,12H2,1-3H3,(H2,13,14,15). The molecular formula is C11H25N5O. The molecule has 0 aromatic heterocycles. The molecule has 0 amide bonds. The molecule has 1 aliphatic heterocycles. The van der Waals surface area contributed by atoms with Crippen molar-refractivity contribution >= 4 is 5.96 Å². The third kappa shape index (κ3) is 5.34. The highest BCUT2D eigenvalue weighted by Crippen LogP contribution is 2.11. The predicted molar refractivity (Wildman–Crippen MR) is 69.8 cm³/mol. The summed E-state index contributed by atoms with van der Waals surface area (Å²) in [4.78, 5) is 6.89. The number of likely N-dealkylation sites (N-methyl/N-ethyl adjacent to an activating group) is 1. The highest BCUT2D eigenvalue weighted by Gasteiger charge is 2.17. The van der Waals surface area contributed by atoms with Gasteiger partial charge in [0, 0.05) is 19.7 Å². The lowest BCUT2D eigenvalue weighted by Gasteiger charge is -2.28. The molecule has 6 nitrogen and oxygen atoms in total. The van der Waals surface area contributed by atoms with Crippen molar-refractivity contribution < 1.29 is 4.74 Å². The largest absolute Gasteiger partial charge is 0.383 e. The minimum atomic E-state index is 0.191. The number of nitrogens with one attached hydrogen (secondary N) is 2. The number of likely N-dealkylation sites (tertiary alicyclic amines) is 1. The Labute approximate surface area is 104 Å². The number of hydrogen-bond acceptors (Lipinski definition) is 4. The quantitative estimate of drug-likeness (QED) is 0.269. The Morgan fingerprint density at radius 1 is 1.65 bits per heavy atom. The number of guanidine groups is 1. The lowest BCUT2D eigenvalue weighted by molar-refractivity contribution is 0.178. The van der Waals surface area contributed by atoms with Gasteiger partial charge in [0.2, 0.25) is 5.96 Å². The van der Waals surface area contributed by atoms with Gasteiger partial charge in [-0.1, -0.05) is 0 Å². The van der Waals surface area contributed by atoms with E-state index in [4.69, 9.17) is 10.6 Å². The van der Waals surface area contributed by atoms with Gasteiger partial charge < -0.3 is 15.0 Å². The molecule has 0 aromatic rings. The van der Waals surface area contributed by atoms with E-state index in [1.165, 1.54) is 6.42 Å². The van der Waals surface area contributed by atoms with E-state index in [0.29, 0.717) is 18.6 Å². The zero-order valence-corrected chi connectivity index (χ0v) is 11.1. The fourth-order valence-electron chi connectivity index (χ4n) is 2.07. The SMILES string of the molecule is COCC(C)NC(=NC1CCCN(C)C1)NN. The van der Waals surface area contributed by atoms with Crippen LogP contribution < -0.4 is 16.6 Å². The van der Waals surface area contributed by atoms with E-state index in [-0.39, 0.29) is 6.04 Å². The fraction of sp³-hybridized carbons (Fsp3) is 0.909. The van der Waals surface area contributed by atoms with Crippen molar-refractivity contribution in [3.8, 4) is 0 Å². The van der Waals surface area contributed by atoms with Crippen molar-refractivity contribution in [1.29, 1.82) is 0 Å². The highest BCUT2D eigenvalue weighted by molar-refractivity contribution is 5.79. The molecule has 100 valence electrons. The Morgan fingerprint density at radius 2 is 2.41 bits per heavy atom. The third-order valence-corrected chi connectivity index (χ3v) is 2.85. The number of ether oxygens (including phenoxy) is 1. The van der Waals surface area contributed by atoms with Gasteiger partial charge in [-0.15, -0.1) is 0 Å². The molecule has 4 N–H and O–H groups in total. The molecule has 6 heteroatoms. The van der Waals surface area contributed by atoms with Crippen LogP contribution >= 0.6 is 0 Å². The average Bonchev–Trinajstić information content (AvgIpc) is 2.28. The molecule has 1 rings (SSSR count). The summed E-state index contributed by atoms with van der Waals surface area (Å²) in [5.74, 6) is 6.12. The number of nitrogens with two attached hydrogens (primary N) is 1. The van der Waals surface area contributed by atoms with Gasteiger partial charge in [-0.25, -0.2) is 10.8 Å². The number of methoxy groups -OCH3 is 1. The topological polar surface area (TPSA) is 74.9 Å². The molecule has 1 aliphatic rings. The van der Waals surface area contributed by atoms with Crippen LogP contribution in [0.5, 0.6) is 0 Å². The zero-order valence-electron chi connectivity index (χ0n) is 11.1. The monoisotopic (exact) mass is 243 g/mol. The van der Waals surface area contributed by atoms with Crippen LogP contribution in [0.1, 0.15) is 19.8 Å². The molecule has 0 bridgehead atoms. The summed E-state index contributed by atoms with van der Waals surface area (Å²) in [5.41, 5.74) is 2.62. The lowest BCUT2D eigenvalue weighted by Crippen LogP contribution is -2.48. The first-order valence-electron chi connectivity index (χ1n) is 6.14. The minimum absolute atomic E-state index is 0.191. The van der Waals surface area contributed by atoms with Gasteiger partial charge in [-0.3, -0.25) is 5.43 Å². The van der Waals surface area contributed by atoms with E-state index in [9.17, 15) is 0 Å². The van der Waals surface area contributed by atoms with Gasteiger partial charge in [0.25, 0.3) is 0 Å². The van der Waals surface area contributed by atoms with Crippen LogP contribution in [0.15, 0.2) is 4.99 Å². The number of piperidine rings is 1. The Balaban J connectivity index is 2.47. The van der Waals surface area contributed by atoms with E-state index in [1.54, 1.807) is 7.11 Å². The average molecular weight is 243 g/mol. The highest BCUT2D eigenvalue weighted by atomic mass is 16.5. The number of nitrogens with zero attached hydrogens (tertiary/aromatic N) is 2. The van der Waals surface area contributed by atoms with Crippen LogP contribution in [0.4, 0.5) is 0 Å². The summed E-state index contributed by atoms with van der Waals surface area (Å²) in [6.07, 6.45) is 2.31. The lowest BCUT2D eigenvalue weighted by atomic mass is 10.1. The molecule has 0 aliphatic carbocycles. The molecule has 0 spiro atoms. The van der Waals surface area contributed by atoms with Gasteiger partial charge in [0.1, 0.15) is 0 Å². The van der Waals surface area contributed by atoms with E-state index in [2.05, 4.69) is 27.7 Å². The zero-order chi connectivity index (χ0) is 12.7. The van der Waals surface area contributed by atoms with Crippen LogP contribution in [-0.4, -0.2) is 56.8 Å². The van der Waals surface area contributed by atoms with Gasteiger partial charge >= 0.3 is 0 Å². The van der Waals surface area contributed by atoms with Crippen molar-refractivity contribution in [2.75, 3.05) is 33.9 Å². The second-order valence-electron chi connectivity index (χ2n) is 4.68. The van der Waals surface area contributed by atoms with E-state index >= 15 is 0 Å². The number of hydrogen-bond donors (Lipinski definition) is 3. The van der Waals surface area contributed by atoms with Crippen molar-refractivity contribution in [3.05, 3.63) is 0 Å². The molecule has 0 aromatic carbocycles.